The molecule has 0 bridgehead atoms. The van der Waals surface area contributed by atoms with Crippen molar-refractivity contribution in [1.82, 2.24) is 0 Å². The van der Waals surface area contributed by atoms with E-state index in [1.54, 1.807) is 6.07 Å². The van der Waals surface area contributed by atoms with Crippen LogP contribution in [-0.4, -0.2) is 5.75 Å². The van der Waals surface area contributed by atoms with Crippen molar-refractivity contribution in [3.63, 3.8) is 0 Å². The fourth-order valence-electron chi connectivity index (χ4n) is 0.922. The largest absolute Gasteiger partial charge is 0.179 e. The summed E-state index contributed by atoms with van der Waals surface area (Å²) in [5, 5.41) is 1.35. The number of allylic oxidation sites excluding steroid dienone is 1. The fourth-order valence-corrected chi connectivity index (χ4v) is 1.54. The summed E-state index contributed by atoms with van der Waals surface area (Å²) < 4.78 is 0. The first-order valence-electron chi connectivity index (χ1n) is 3.96. The zero-order chi connectivity index (χ0) is 9.68. The molecule has 0 atom stereocenters. The van der Waals surface area contributed by atoms with Crippen molar-refractivity contribution in [1.29, 1.82) is 0 Å². The predicted octanol–water partition coefficient (Wildman–Crippen LogP) is 4.33. The third-order valence-electron chi connectivity index (χ3n) is 1.56. The van der Waals surface area contributed by atoms with E-state index >= 15 is 0 Å². The van der Waals surface area contributed by atoms with Crippen LogP contribution in [0.25, 0.3) is 6.08 Å². The molecule has 0 aliphatic carbocycles. The van der Waals surface area contributed by atoms with Crippen LogP contribution in [0.15, 0.2) is 24.3 Å². The maximum Gasteiger partial charge on any atom is 0.0493 e. The Hall–Kier alpha value is -0.110. The Morgan fingerprint density at radius 1 is 1.31 bits per heavy atom. The molecule has 13 heavy (non-hydrogen) atoms. The molecule has 0 aliphatic heterocycles. The van der Waals surface area contributed by atoms with Crippen LogP contribution < -0.4 is 0 Å². The second-order valence-electron chi connectivity index (χ2n) is 2.58. The van der Waals surface area contributed by atoms with Crippen molar-refractivity contribution < 1.29 is 0 Å². The first-order valence-corrected chi connectivity index (χ1v) is 5.35. The van der Waals surface area contributed by atoms with Crippen LogP contribution in [0.4, 0.5) is 0 Å². The summed E-state index contributed by atoms with van der Waals surface area (Å²) in [5.74, 6) is 0.849. The highest BCUT2D eigenvalue weighted by Crippen LogP contribution is 2.21. The van der Waals surface area contributed by atoms with Gasteiger partial charge in [0.2, 0.25) is 0 Å². The molecule has 0 fully saturated rings. The Balaban J connectivity index is 2.77. The Labute approximate surface area is 94.0 Å². The van der Waals surface area contributed by atoms with Crippen LogP contribution in [0.2, 0.25) is 10.0 Å². The van der Waals surface area contributed by atoms with Gasteiger partial charge in [0.15, 0.2) is 0 Å². The van der Waals surface area contributed by atoms with Crippen LogP contribution in [0, 0.1) is 0 Å². The zero-order valence-electron chi connectivity index (χ0n) is 7.00. The van der Waals surface area contributed by atoms with Crippen LogP contribution in [0.5, 0.6) is 0 Å². The molecule has 0 amide bonds. The molecule has 0 radical (unpaired) electrons. The van der Waals surface area contributed by atoms with Gasteiger partial charge >= 0.3 is 0 Å². The lowest BCUT2D eigenvalue weighted by molar-refractivity contribution is 1.26. The highest BCUT2D eigenvalue weighted by atomic mass is 35.5. The van der Waals surface area contributed by atoms with E-state index in [1.807, 2.05) is 24.3 Å². The molecule has 1 aromatic carbocycles. The van der Waals surface area contributed by atoms with Crippen LogP contribution in [-0.2, 0) is 0 Å². The van der Waals surface area contributed by atoms with E-state index in [9.17, 15) is 0 Å². The minimum absolute atomic E-state index is 0.663. The van der Waals surface area contributed by atoms with Crippen molar-refractivity contribution in [2.24, 2.45) is 0 Å². The summed E-state index contributed by atoms with van der Waals surface area (Å²) in [4.78, 5) is 0. The number of rotatable bonds is 3. The molecule has 0 spiro atoms. The molecule has 3 heteroatoms. The lowest BCUT2D eigenvalue weighted by atomic mass is 10.2. The molecule has 0 heterocycles. The van der Waals surface area contributed by atoms with Crippen molar-refractivity contribution in [3.05, 3.63) is 39.9 Å². The highest BCUT2D eigenvalue weighted by molar-refractivity contribution is 7.80. The Morgan fingerprint density at radius 2 is 2.08 bits per heavy atom. The monoisotopic (exact) mass is 232 g/mol. The summed E-state index contributed by atoms with van der Waals surface area (Å²) in [6.07, 6.45) is 4.97. The molecule has 0 aromatic heterocycles. The van der Waals surface area contributed by atoms with E-state index in [0.717, 1.165) is 17.7 Å². The number of benzene rings is 1. The van der Waals surface area contributed by atoms with Crippen molar-refractivity contribution in [2.75, 3.05) is 5.75 Å². The van der Waals surface area contributed by atoms with E-state index in [0.29, 0.717) is 10.0 Å². The minimum atomic E-state index is 0.663. The summed E-state index contributed by atoms with van der Waals surface area (Å²) in [7, 11) is 0. The smallest absolute Gasteiger partial charge is 0.0493 e. The van der Waals surface area contributed by atoms with Gasteiger partial charge in [-0.3, -0.25) is 0 Å². The maximum atomic E-state index is 5.95. The van der Waals surface area contributed by atoms with Gasteiger partial charge in [0, 0.05) is 10.0 Å². The van der Waals surface area contributed by atoms with Crippen LogP contribution >= 0.6 is 35.8 Å². The van der Waals surface area contributed by atoms with Gasteiger partial charge in [0.25, 0.3) is 0 Å². The molecule has 0 N–H and O–H groups in total. The molecule has 0 saturated carbocycles. The summed E-state index contributed by atoms with van der Waals surface area (Å²) in [6.45, 7) is 0. The quantitative estimate of drug-likeness (QED) is 0.738. The number of thiol groups is 1. The summed E-state index contributed by atoms with van der Waals surface area (Å²) in [6, 6.07) is 5.47. The Kier molecular flexibility index (Phi) is 4.71. The standard InChI is InChI=1S/C10H10Cl2S/c11-9-5-4-8(10(12)7-9)3-1-2-6-13/h1,3-5,7,13H,2,6H2. The summed E-state index contributed by atoms with van der Waals surface area (Å²) >= 11 is 15.8. The van der Waals surface area contributed by atoms with Gasteiger partial charge in [-0.25, -0.2) is 0 Å². The molecule has 0 aliphatic rings. The van der Waals surface area contributed by atoms with Gasteiger partial charge in [-0.1, -0.05) is 41.4 Å². The molecular formula is C10H10Cl2S. The normalized spacial score (nSPS) is 11.0. The summed E-state index contributed by atoms with van der Waals surface area (Å²) in [5.41, 5.74) is 0.993. The Bertz CT molecular complexity index is 308. The number of hydrogen-bond acceptors (Lipinski definition) is 1. The van der Waals surface area contributed by atoms with Gasteiger partial charge in [0.05, 0.1) is 0 Å². The average molecular weight is 233 g/mol. The van der Waals surface area contributed by atoms with E-state index < -0.39 is 0 Å². The predicted molar refractivity (Wildman–Crippen MR) is 64.0 cm³/mol. The number of halogens is 2. The van der Waals surface area contributed by atoms with Gasteiger partial charge < -0.3 is 0 Å². The molecule has 0 saturated heterocycles. The minimum Gasteiger partial charge on any atom is -0.179 e. The molecule has 1 aromatic rings. The lowest BCUT2D eigenvalue weighted by Crippen LogP contribution is -1.75. The van der Waals surface area contributed by atoms with Gasteiger partial charge in [-0.15, -0.1) is 0 Å². The van der Waals surface area contributed by atoms with Gasteiger partial charge in [-0.2, -0.15) is 12.6 Å². The van der Waals surface area contributed by atoms with Crippen LogP contribution in [0.1, 0.15) is 12.0 Å². The lowest BCUT2D eigenvalue weighted by Gasteiger charge is -1.97. The van der Waals surface area contributed by atoms with Gasteiger partial charge in [0.1, 0.15) is 0 Å². The Morgan fingerprint density at radius 3 is 2.69 bits per heavy atom. The molecule has 1 rings (SSSR count). The van der Waals surface area contributed by atoms with Crippen molar-refractivity contribution in [3.8, 4) is 0 Å². The van der Waals surface area contributed by atoms with E-state index in [1.165, 1.54) is 0 Å². The third-order valence-corrected chi connectivity index (χ3v) is 2.38. The molecule has 0 unspecified atom stereocenters. The first kappa shape index (κ1) is 11.0. The highest BCUT2D eigenvalue weighted by Gasteiger charge is 1.96. The topological polar surface area (TPSA) is 0 Å². The molecular weight excluding hydrogens is 223 g/mol. The second-order valence-corrected chi connectivity index (χ2v) is 3.87. The third kappa shape index (κ3) is 3.63. The molecule has 0 nitrogen and oxygen atoms in total. The van der Waals surface area contributed by atoms with Crippen molar-refractivity contribution >= 4 is 41.9 Å². The van der Waals surface area contributed by atoms with E-state index in [2.05, 4.69) is 12.6 Å². The van der Waals surface area contributed by atoms with E-state index in [-0.39, 0.29) is 0 Å². The van der Waals surface area contributed by atoms with Crippen molar-refractivity contribution in [2.45, 2.75) is 6.42 Å². The SMILES string of the molecule is SCCC=Cc1ccc(Cl)cc1Cl. The fraction of sp³-hybridized carbons (Fsp3) is 0.200. The van der Waals surface area contributed by atoms with Crippen LogP contribution in [0.3, 0.4) is 0 Å². The second kappa shape index (κ2) is 5.58. The average Bonchev–Trinajstić information content (AvgIpc) is 2.09. The maximum absolute atomic E-state index is 5.95. The van der Waals surface area contributed by atoms with E-state index in [4.69, 9.17) is 23.2 Å². The first-order chi connectivity index (χ1) is 6.24. The van der Waals surface area contributed by atoms with Gasteiger partial charge in [-0.05, 0) is 29.9 Å². The molecule has 70 valence electrons. The zero-order valence-corrected chi connectivity index (χ0v) is 9.41. The number of hydrogen-bond donors (Lipinski definition) is 1.